The fourth-order valence-corrected chi connectivity index (χ4v) is 5.48. The van der Waals surface area contributed by atoms with Crippen LogP contribution in [-0.2, 0) is 29.4 Å². The van der Waals surface area contributed by atoms with Crippen molar-refractivity contribution in [2.45, 2.75) is 18.9 Å². The first-order valence-electron chi connectivity index (χ1n) is 4.92. The molecule has 0 radical (unpaired) electrons. The topological polar surface area (TPSA) is 97.8 Å². The van der Waals surface area contributed by atoms with Gasteiger partial charge in [-0.25, -0.2) is 16.8 Å². The number of esters is 1. The van der Waals surface area contributed by atoms with Gasteiger partial charge in [0, 0.05) is 12.8 Å². The van der Waals surface area contributed by atoms with Crippen LogP contribution in [-0.4, -0.2) is 58.1 Å². The van der Waals surface area contributed by atoms with E-state index in [9.17, 15) is 21.6 Å². The number of carbonyl (C=O) groups excluding carboxylic acids is 1. The highest BCUT2D eigenvalue weighted by atomic mass is 32.3. The highest BCUT2D eigenvalue weighted by Gasteiger charge is 2.40. The summed E-state index contributed by atoms with van der Waals surface area (Å²) < 4.78 is 51.1. The maximum absolute atomic E-state index is 11.8. The standard InChI is InChI=1S/C8H15NO6S2/c1-15-8(10)7-4-3-5-9(7)17(13,14)6-16(2,11)12/h7H,3-6H2,1-2H3. The number of hydrogen-bond acceptors (Lipinski definition) is 6. The summed E-state index contributed by atoms with van der Waals surface area (Å²) in [6.45, 7) is 0.150. The highest BCUT2D eigenvalue weighted by molar-refractivity contribution is 8.06. The molecule has 1 aliphatic rings. The largest absolute Gasteiger partial charge is 0.468 e. The van der Waals surface area contributed by atoms with Crippen molar-refractivity contribution < 1.29 is 26.4 Å². The van der Waals surface area contributed by atoms with Gasteiger partial charge in [0.15, 0.2) is 14.9 Å². The molecule has 1 heterocycles. The van der Waals surface area contributed by atoms with E-state index >= 15 is 0 Å². The summed E-state index contributed by atoms with van der Waals surface area (Å²) in [5, 5.41) is -0.979. The van der Waals surface area contributed by atoms with E-state index < -0.39 is 37.0 Å². The number of hydrogen-bond donors (Lipinski definition) is 0. The van der Waals surface area contributed by atoms with Crippen LogP contribution in [0.5, 0.6) is 0 Å². The third kappa shape index (κ3) is 3.65. The normalized spacial score (nSPS) is 22.6. The Kier molecular flexibility index (Phi) is 4.15. The average molecular weight is 285 g/mol. The second kappa shape index (κ2) is 4.91. The van der Waals surface area contributed by atoms with Crippen molar-refractivity contribution in [1.82, 2.24) is 4.31 Å². The molecule has 1 atom stereocenters. The van der Waals surface area contributed by atoms with E-state index in [1.807, 2.05) is 0 Å². The smallest absolute Gasteiger partial charge is 0.324 e. The predicted molar refractivity (Wildman–Crippen MR) is 60.4 cm³/mol. The molecule has 17 heavy (non-hydrogen) atoms. The molecule has 0 aromatic rings. The predicted octanol–water partition coefficient (Wildman–Crippen LogP) is -1.04. The Labute approximate surface area is 101 Å². The van der Waals surface area contributed by atoms with Gasteiger partial charge in [-0.2, -0.15) is 4.31 Å². The molecule has 1 rings (SSSR count). The number of sulfonamides is 1. The van der Waals surface area contributed by atoms with Crippen molar-refractivity contribution in [2.24, 2.45) is 0 Å². The van der Waals surface area contributed by atoms with Gasteiger partial charge in [0.25, 0.3) is 0 Å². The molecule has 1 fully saturated rings. The van der Waals surface area contributed by atoms with Gasteiger partial charge in [-0.1, -0.05) is 0 Å². The Morgan fingerprint density at radius 2 is 1.94 bits per heavy atom. The first-order chi connectivity index (χ1) is 7.67. The van der Waals surface area contributed by atoms with Crippen LogP contribution in [0.3, 0.4) is 0 Å². The van der Waals surface area contributed by atoms with Gasteiger partial charge in [0.05, 0.1) is 7.11 Å². The molecule has 0 N–H and O–H groups in total. The highest BCUT2D eigenvalue weighted by Crippen LogP contribution is 2.22. The van der Waals surface area contributed by atoms with Crippen LogP contribution < -0.4 is 0 Å². The Balaban J connectivity index is 2.95. The van der Waals surface area contributed by atoms with Gasteiger partial charge in [0.1, 0.15) is 6.04 Å². The molecule has 0 aromatic carbocycles. The summed E-state index contributed by atoms with van der Waals surface area (Å²) >= 11 is 0. The quantitative estimate of drug-likeness (QED) is 0.612. The fourth-order valence-electron chi connectivity index (χ4n) is 1.78. The van der Waals surface area contributed by atoms with Crippen LogP contribution >= 0.6 is 0 Å². The first-order valence-corrected chi connectivity index (χ1v) is 8.59. The molecule has 0 aromatic heterocycles. The van der Waals surface area contributed by atoms with Gasteiger partial charge < -0.3 is 4.74 Å². The lowest BCUT2D eigenvalue weighted by atomic mass is 10.2. The van der Waals surface area contributed by atoms with Crippen LogP contribution in [0.2, 0.25) is 0 Å². The molecular formula is C8H15NO6S2. The summed E-state index contributed by atoms with van der Waals surface area (Å²) in [6, 6.07) is -0.897. The number of rotatable bonds is 4. The molecule has 0 amide bonds. The van der Waals surface area contributed by atoms with E-state index in [-0.39, 0.29) is 6.54 Å². The molecule has 1 unspecified atom stereocenters. The lowest BCUT2D eigenvalue weighted by Crippen LogP contribution is -2.43. The van der Waals surface area contributed by atoms with E-state index in [0.29, 0.717) is 12.8 Å². The van der Waals surface area contributed by atoms with Crippen LogP contribution in [0.1, 0.15) is 12.8 Å². The minimum absolute atomic E-state index is 0.150. The van der Waals surface area contributed by atoms with E-state index in [1.54, 1.807) is 0 Å². The molecule has 0 bridgehead atoms. The molecule has 0 saturated carbocycles. The zero-order chi connectivity index (χ0) is 13.3. The summed E-state index contributed by atoms with van der Waals surface area (Å²) in [4.78, 5) is 11.4. The van der Waals surface area contributed by atoms with Gasteiger partial charge in [0.2, 0.25) is 10.0 Å². The van der Waals surface area contributed by atoms with Crippen molar-refractivity contribution in [3.8, 4) is 0 Å². The number of nitrogens with zero attached hydrogens (tertiary/aromatic N) is 1. The van der Waals surface area contributed by atoms with Crippen LogP contribution in [0.15, 0.2) is 0 Å². The Hall–Kier alpha value is -0.670. The molecule has 0 aliphatic carbocycles. The van der Waals surface area contributed by atoms with Crippen molar-refractivity contribution >= 4 is 25.8 Å². The maximum atomic E-state index is 11.8. The van der Waals surface area contributed by atoms with Gasteiger partial charge in [-0.15, -0.1) is 0 Å². The van der Waals surface area contributed by atoms with Crippen LogP contribution in [0, 0.1) is 0 Å². The van der Waals surface area contributed by atoms with Crippen molar-refractivity contribution in [1.29, 1.82) is 0 Å². The lowest BCUT2D eigenvalue weighted by Gasteiger charge is -2.21. The maximum Gasteiger partial charge on any atom is 0.324 e. The molecule has 1 aliphatic heterocycles. The molecule has 9 heteroatoms. The Morgan fingerprint density at radius 3 is 2.41 bits per heavy atom. The third-order valence-electron chi connectivity index (χ3n) is 2.40. The van der Waals surface area contributed by atoms with Gasteiger partial charge in [-0.3, -0.25) is 4.79 Å². The first kappa shape index (κ1) is 14.4. The molecule has 7 nitrogen and oxygen atoms in total. The second-order valence-corrected chi connectivity index (χ2v) is 8.37. The minimum atomic E-state index is -3.98. The second-order valence-electron chi connectivity index (χ2n) is 3.95. The average Bonchev–Trinajstić information content (AvgIpc) is 2.61. The molecule has 1 saturated heterocycles. The van der Waals surface area contributed by atoms with Gasteiger partial charge >= 0.3 is 5.97 Å². The number of sulfone groups is 1. The fraction of sp³-hybridized carbons (Fsp3) is 0.875. The number of carbonyl (C=O) groups is 1. The zero-order valence-corrected chi connectivity index (χ0v) is 11.3. The summed E-state index contributed by atoms with van der Waals surface area (Å²) in [7, 11) is -6.47. The van der Waals surface area contributed by atoms with E-state index in [4.69, 9.17) is 0 Å². The number of methoxy groups -OCH3 is 1. The zero-order valence-electron chi connectivity index (χ0n) is 9.62. The summed E-state index contributed by atoms with van der Waals surface area (Å²) in [5.41, 5.74) is 0. The van der Waals surface area contributed by atoms with E-state index in [2.05, 4.69) is 4.74 Å². The Morgan fingerprint density at radius 1 is 1.35 bits per heavy atom. The minimum Gasteiger partial charge on any atom is -0.468 e. The molecule has 0 spiro atoms. The van der Waals surface area contributed by atoms with Crippen molar-refractivity contribution in [3.63, 3.8) is 0 Å². The van der Waals surface area contributed by atoms with Crippen molar-refractivity contribution in [3.05, 3.63) is 0 Å². The lowest BCUT2D eigenvalue weighted by molar-refractivity contribution is -0.144. The van der Waals surface area contributed by atoms with Crippen LogP contribution in [0.4, 0.5) is 0 Å². The SMILES string of the molecule is COC(=O)C1CCCN1S(=O)(=O)CS(C)(=O)=O. The van der Waals surface area contributed by atoms with Gasteiger partial charge in [-0.05, 0) is 12.8 Å². The van der Waals surface area contributed by atoms with Crippen LogP contribution in [0.25, 0.3) is 0 Å². The summed E-state index contributed by atoms with van der Waals surface area (Å²) in [6.07, 6.45) is 1.71. The molecular weight excluding hydrogens is 270 g/mol. The summed E-state index contributed by atoms with van der Waals surface area (Å²) in [5.74, 6) is -0.653. The number of ether oxygens (including phenoxy) is 1. The molecule has 100 valence electrons. The van der Waals surface area contributed by atoms with E-state index in [0.717, 1.165) is 10.6 Å². The van der Waals surface area contributed by atoms with E-state index in [1.165, 1.54) is 7.11 Å². The Bertz CT molecular complexity index is 494. The van der Waals surface area contributed by atoms with Crippen molar-refractivity contribution in [2.75, 3.05) is 25.0 Å². The monoisotopic (exact) mass is 285 g/mol. The third-order valence-corrected chi connectivity index (χ3v) is 6.45.